The van der Waals surface area contributed by atoms with E-state index in [1.807, 2.05) is 32.0 Å². The number of thiocarbonyl (C=S) groups is 1. The molecule has 0 unspecified atom stereocenters. The lowest BCUT2D eigenvalue weighted by Gasteiger charge is -2.28. The van der Waals surface area contributed by atoms with Crippen LogP contribution in [0, 0.1) is 13.8 Å². The second-order valence-corrected chi connectivity index (χ2v) is 9.48. The van der Waals surface area contributed by atoms with Gasteiger partial charge in [0.15, 0.2) is 5.11 Å². The predicted octanol–water partition coefficient (Wildman–Crippen LogP) is 5.48. The number of alkyl halides is 3. The first-order chi connectivity index (χ1) is 12.6. The maximum atomic E-state index is 12.5. The molecule has 0 aliphatic heterocycles. The Labute approximate surface area is 187 Å². The Morgan fingerprint density at radius 2 is 1.78 bits per heavy atom. The molecule has 0 saturated heterocycles. The molecule has 27 heavy (non-hydrogen) atoms. The Balaban J connectivity index is 2.12. The lowest BCUT2D eigenvalue weighted by molar-refractivity contribution is 0.0934. The van der Waals surface area contributed by atoms with E-state index in [2.05, 4.69) is 31.9 Å². The van der Waals surface area contributed by atoms with Crippen molar-refractivity contribution in [2.24, 2.45) is 0 Å². The van der Waals surface area contributed by atoms with E-state index in [1.165, 1.54) is 0 Å². The summed E-state index contributed by atoms with van der Waals surface area (Å²) in [5.74, 6) is -0.416. The molecular formula is C18H17BrCl3N3OS. The molecule has 0 aromatic heterocycles. The molecule has 3 N–H and O–H groups in total. The first kappa shape index (κ1) is 22.2. The van der Waals surface area contributed by atoms with Crippen LogP contribution in [0.2, 0.25) is 0 Å². The molecule has 0 bridgehead atoms. The highest BCUT2D eigenvalue weighted by atomic mass is 79.9. The van der Waals surface area contributed by atoms with Gasteiger partial charge in [-0.2, -0.15) is 0 Å². The zero-order valence-corrected chi connectivity index (χ0v) is 19.1. The van der Waals surface area contributed by atoms with E-state index in [9.17, 15) is 4.79 Å². The highest BCUT2D eigenvalue weighted by Gasteiger charge is 2.35. The van der Waals surface area contributed by atoms with Gasteiger partial charge in [-0.05, 0) is 71.3 Å². The van der Waals surface area contributed by atoms with Crippen molar-refractivity contribution in [1.82, 2.24) is 10.6 Å². The number of hydrogen-bond acceptors (Lipinski definition) is 2. The third-order valence-corrected chi connectivity index (χ3v) is 5.20. The van der Waals surface area contributed by atoms with Crippen molar-refractivity contribution in [3.05, 3.63) is 63.6 Å². The van der Waals surface area contributed by atoms with E-state index in [4.69, 9.17) is 47.0 Å². The molecule has 0 heterocycles. The van der Waals surface area contributed by atoms with Crippen LogP contribution in [0.4, 0.5) is 5.69 Å². The second kappa shape index (κ2) is 9.43. The number of aryl methyl sites for hydroxylation is 2. The highest BCUT2D eigenvalue weighted by Crippen LogP contribution is 2.30. The van der Waals surface area contributed by atoms with Gasteiger partial charge in [-0.25, -0.2) is 0 Å². The summed E-state index contributed by atoms with van der Waals surface area (Å²) in [4.78, 5) is 12.5. The normalized spacial score (nSPS) is 12.2. The van der Waals surface area contributed by atoms with Crippen LogP contribution < -0.4 is 16.0 Å². The van der Waals surface area contributed by atoms with Crippen molar-refractivity contribution in [3.8, 4) is 0 Å². The summed E-state index contributed by atoms with van der Waals surface area (Å²) in [6, 6.07) is 12.9. The zero-order valence-electron chi connectivity index (χ0n) is 14.4. The Morgan fingerprint density at radius 3 is 2.41 bits per heavy atom. The summed E-state index contributed by atoms with van der Waals surface area (Å²) in [6.45, 7) is 3.93. The van der Waals surface area contributed by atoms with Gasteiger partial charge in [0, 0.05) is 10.2 Å². The van der Waals surface area contributed by atoms with Crippen molar-refractivity contribution < 1.29 is 4.79 Å². The van der Waals surface area contributed by atoms with Crippen LogP contribution in [0.1, 0.15) is 21.5 Å². The summed E-state index contributed by atoms with van der Waals surface area (Å²) in [5.41, 5.74) is 3.32. The van der Waals surface area contributed by atoms with Crippen molar-refractivity contribution in [2.75, 3.05) is 5.32 Å². The van der Waals surface area contributed by atoms with Crippen LogP contribution >= 0.6 is 63.0 Å². The molecular weight excluding hydrogens is 493 g/mol. The standard InChI is InChI=1S/C18H17BrCl3N3OS/c1-10-7-8-11(2)14(9-10)23-17(27)25-16(18(20,21)22)24-15(26)12-5-3-4-6-13(12)19/h3-9,16H,1-2H3,(H,24,26)(H2,23,25,27)/t16-/m0/s1. The number of hydrogen-bond donors (Lipinski definition) is 3. The number of carbonyl (C=O) groups is 1. The number of rotatable bonds is 4. The minimum atomic E-state index is -1.83. The first-order valence-corrected chi connectivity index (χ1v) is 10.2. The van der Waals surface area contributed by atoms with Gasteiger partial charge in [0.25, 0.3) is 5.91 Å². The topological polar surface area (TPSA) is 53.2 Å². The van der Waals surface area contributed by atoms with Crippen molar-refractivity contribution in [1.29, 1.82) is 0 Å². The molecule has 1 amide bonds. The molecule has 0 spiro atoms. The summed E-state index contributed by atoms with van der Waals surface area (Å²) in [5, 5.41) is 8.78. The molecule has 4 nitrogen and oxygen atoms in total. The maximum Gasteiger partial charge on any atom is 0.254 e. The van der Waals surface area contributed by atoms with Gasteiger partial charge in [0.1, 0.15) is 6.17 Å². The molecule has 0 saturated carbocycles. The maximum absolute atomic E-state index is 12.5. The fourth-order valence-corrected chi connectivity index (χ4v) is 3.23. The quantitative estimate of drug-likeness (QED) is 0.290. The monoisotopic (exact) mass is 507 g/mol. The minimum Gasteiger partial charge on any atom is -0.339 e. The Hall–Kier alpha value is -1.05. The zero-order chi connectivity index (χ0) is 20.2. The number of benzene rings is 2. The smallest absolute Gasteiger partial charge is 0.254 e. The average molecular weight is 510 g/mol. The summed E-state index contributed by atoms with van der Waals surface area (Å²) >= 11 is 26.7. The lowest BCUT2D eigenvalue weighted by atomic mass is 10.1. The number of halogens is 4. The van der Waals surface area contributed by atoms with E-state index in [0.29, 0.717) is 10.0 Å². The van der Waals surface area contributed by atoms with E-state index in [1.54, 1.807) is 24.3 Å². The molecule has 1 atom stereocenters. The molecule has 144 valence electrons. The number of nitrogens with one attached hydrogen (secondary N) is 3. The Bertz CT molecular complexity index is 858. The average Bonchev–Trinajstić information content (AvgIpc) is 2.57. The molecule has 0 aliphatic rings. The van der Waals surface area contributed by atoms with E-state index in [0.717, 1.165) is 16.8 Å². The number of amides is 1. The van der Waals surface area contributed by atoms with Gasteiger partial charge in [-0.3, -0.25) is 4.79 Å². The summed E-state index contributed by atoms with van der Waals surface area (Å²) in [7, 11) is 0. The molecule has 2 aromatic rings. The number of carbonyl (C=O) groups excluding carboxylic acids is 1. The van der Waals surface area contributed by atoms with E-state index >= 15 is 0 Å². The summed E-state index contributed by atoms with van der Waals surface area (Å²) < 4.78 is -1.20. The molecule has 0 aliphatic carbocycles. The Kier molecular flexibility index (Phi) is 7.77. The van der Waals surface area contributed by atoms with Gasteiger partial charge in [-0.1, -0.05) is 59.1 Å². The molecule has 9 heteroatoms. The largest absolute Gasteiger partial charge is 0.339 e. The van der Waals surface area contributed by atoms with Gasteiger partial charge >= 0.3 is 0 Å². The summed E-state index contributed by atoms with van der Waals surface area (Å²) in [6.07, 6.45) is -1.05. The van der Waals surface area contributed by atoms with E-state index < -0.39 is 15.9 Å². The fourth-order valence-electron chi connectivity index (χ4n) is 2.21. The van der Waals surface area contributed by atoms with E-state index in [-0.39, 0.29) is 5.11 Å². The molecule has 0 fully saturated rings. The first-order valence-electron chi connectivity index (χ1n) is 7.85. The highest BCUT2D eigenvalue weighted by molar-refractivity contribution is 9.10. The third-order valence-electron chi connectivity index (χ3n) is 3.64. The van der Waals surface area contributed by atoms with Crippen molar-refractivity contribution >= 4 is 79.7 Å². The lowest BCUT2D eigenvalue weighted by Crippen LogP contribution is -2.56. The van der Waals surface area contributed by atoms with Crippen LogP contribution in [0.3, 0.4) is 0 Å². The van der Waals surface area contributed by atoms with Gasteiger partial charge < -0.3 is 16.0 Å². The third kappa shape index (κ3) is 6.50. The van der Waals surface area contributed by atoms with Crippen LogP contribution in [-0.2, 0) is 0 Å². The van der Waals surface area contributed by atoms with Gasteiger partial charge in [-0.15, -0.1) is 0 Å². The van der Waals surface area contributed by atoms with Crippen LogP contribution in [-0.4, -0.2) is 21.0 Å². The molecule has 0 radical (unpaired) electrons. The van der Waals surface area contributed by atoms with Crippen LogP contribution in [0.5, 0.6) is 0 Å². The van der Waals surface area contributed by atoms with Crippen molar-refractivity contribution in [3.63, 3.8) is 0 Å². The minimum absolute atomic E-state index is 0.215. The number of anilines is 1. The van der Waals surface area contributed by atoms with Crippen LogP contribution in [0.15, 0.2) is 46.9 Å². The Morgan fingerprint density at radius 1 is 1.11 bits per heavy atom. The van der Waals surface area contributed by atoms with Crippen molar-refractivity contribution in [2.45, 2.75) is 23.8 Å². The predicted molar refractivity (Wildman–Crippen MR) is 121 cm³/mol. The van der Waals surface area contributed by atoms with Gasteiger partial charge in [0.2, 0.25) is 3.79 Å². The van der Waals surface area contributed by atoms with Crippen LogP contribution in [0.25, 0.3) is 0 Å². The second-order valence-electron chi connectivity index (χ2n) is 5.84. The van der Waals surface area contributed by atoms with Gasteiger partial charge in [0.05, 0.1) is 5.56 Å². The molecule has 2 aromatic carbocycles. The molecule has 2 rings (SSSR count). The fraction of sp³-hybridized carbons (Fsp3) is 0.222. The SMILES string of the molecule is Cc1ccc(C)c(NC(=S)N[C@H](NC(=O)c2ccccc2Br)C(Cl)(Cl)Cl)c1.